The van der Waals surface area contributed by atoms with Crippen molar-refractivity contribution in [3.63, 3.8) is 0 Å². The van der Waals surface area contributed by atoms with Crippen LogP contribution in [0, 0.1) is 0 Å². The highest BCUT2D eigenvalue weighted by atomic mass is 35.5. The minimum Gasteiger partial charge on any atom is -0.409 e. The molecule has 1 saturated heterocycles. The number of rotatable bonds is 9. The molecule has 1 amide bonds. The first kappa shape index (κ1) is 21.6. The molecule has 26 heavy (non-hydrogen) atoms. The maximum absolute atomic E-state index is 11.4. The van der Waals surface area contributed by atoms with E-state index >= 15 is 0 Å². The highest BCUT2D eigenvalue weighted by Gasteiger charge is 2.35. The molecular weight excluding hydrogens is 389 g/mol. The normalized spacial score (nSPS) is 16.5. The first-order valence-corrected chi connectivity index (χ1v) is 12.6. The van der Waals surface area contributed by atoms with Crippen molar-refractivity contribution in [1.82, 2.24) is 15.2 Å². The van der Waals surface area contributed by atoms with Gasteiger partial charge < -0.3 is 14.6 Å². The van der Waals surface area contributed by atoms with Crippen molar-refractivity contribution < 1.29 is 9.22 Å². The van der Waals surface area contributed by atoms with Gasteiger partial charge in [0.05, 0.1) is 16.1 Å². The number of amides is 1. The van der Waals surface area contributed by atoms with E-state index in [1.165, 1.54) is 0 Å². The Bertz CT molecular complexity index is 594. The van der Waals surface area contributed by atoms with Gasteiger partial charge in [-0.15, -0.1) is 0 Å². The zero-order valence-electron chi connectivity index (χ0n) is 16.0. The van der Waals surface area contributed by atoms with Crippen LogP contribution in [0.5, 0.6) is 0 Å². The Morgan fingerprint density at radius 2 is 1.81 bits per heavy atom. The minimum absolute atomic E-state index is 0.116. The van der Waals surface area contributed by atoms with Crippen molar-refractivity contribution in [2.75, 3.05) is 19.6 Å². The molecule has 146 valence electrons. The largest absolute Gasteiger partial charge is 0.409 e. The van der Waals surface area contributed by atoms with Gasteiger partial charge in [-0.05, 0) is 18.1 Å². The molecule has 1 aromatic rings. The summed E-state index contributed by atoms with van der Waals surface area (Å²) >= 11 is 12.8. The molecule has 1 aliphatic heterocycles. The average molecular weight is 418 g/mol. The predicted octanol–water partition coefficient (Wildman–Crippen LogP) is 4.27. The van der Waals surface area contributed by atoms with E-state index in [0.717, 1.165) is 36.8 Å². The Balaban J connectivity index is 2.15. The first-order chi connectivity index (χ1) is 12.4. The van der Waals surface area contributed by atoms with Crippen LogP contribution in [0.1, 0.15) is 39.4 Å². The maximum Gasteiger partial charge on any atom is 0.219 e. The van der Waals surface area contributed by atoms with Crippen molar-refractivity contribution in [3.05, 3.63) is 28.0 Å². The SMILES string of the molecule is CC[Si](CC)(CC)OC(CNC1CN(C(C)=O)C1)c1c(Cl)cncc1Cl. The van der Waals surface area contributed by atoms with E-state index < -0.39 is 8.32 Å². The molecule has 1 unspecified atom stereocenters. The monoisotopic (exact) mass is 417 g/mol. The van der Waals surface area contributed by atoms with Crippen LogP contribution >= 0.6 is 23.2 Å². The Labute approximate surface area is 167 Å². The van der Waals surface area contributed by atoms with Gasteiger partial charge in [0.15, 0.2) is 8.32 Å². The lowest BCUT2D eigenvalue weighted by molar-refractivity contribution is -0.133. The summed E-state index contributed by atoms with van der Waals surface area (Å²) in [4.78, 5) is 17.2. The Morgan fingerprint density at radius 3 is 2.27 bits per heavy atom. The Morgan fingerprint density at radius 1 is 1.27 bits per heavy atom. The lowest BCUT2D eigenvalue weighted by atomic mass is 10.1. The summed E-state index contributed by atoms with van der Waals surface area (Å²) in [6, 6.07) is 3.44. The molecule has 5 nitrogen and oxygen atoms in total. The lowest BCUT2D eigenvalue weighted by Gasteiger charge is -2.41. The van der Waals surface area contributed by atoms with Gasteiger partial charge in [-0.3, -0.25) is 9.78 Å². The molecular formula is C18H29Cl2N3O2Si. The van der Waals surface area contributed by atoms with Crippen LogP contribution in [0.2, 0.25) is 28.2 Å². The summed E-state index contributed by atoms with van der Waals surface area (Å²) in [5, 5.41) is 4.59. The highest BCUT2D eigenvalue weighted by Crippen LogP contribution is 2.36. The smallest absolute Gasteiger partial charge is 0.219 e. The molecule has 0 aliphatic carbocycles. The van der Waals surface area contributed by atoms with Gasteiger partial charge in [0.1, 0.15) is 0 Å². The fraction of sp³-hybridized carbons (Fsp3) is 0.667. The molecule has 0 bridgehead atoms. The number of hydrogen-bond acceptors (Lipinski definition) is 4. The van der Waals surface area contributed by atoms with Gasteiger partial charge in [0.2, 0.25) is 5.91 Å². The summed E-state index contributed by atoms with van der Waals surface area (Å²) in [6.07, 6.45) is 3.02. The van der Waals surface area contributed by atoms with Crippen molar-refractivity contribution in [1.29, 1.82) is 0 Å². The topological polar surface area (TPSA) is 54.5 Å². The number of carbonyl (C=O) groups is 1. The van der Waals surface area contributed by atoms with Gasteiger partial charge in [-0.25, -0.2) is 0 Å². The van der Waals surface area contributed by atoms with Gasteiger partial charge in [0, 0.05) is 50.6 Å². The van der Waals surface area contributed by atoms with E-state index in [0.29, 0.717) is 16.6 Å². The molecule has 1 aliphatic rings. The zero-order valence-corrected chi connectivity index (χ0v) is 18.5. The van der Waals surface area contributed by atoms with Gasteiger partial charge in [-0.2, -0.15) is 0 Å². The van der Waals surface area contributed by atoms with Crippen molar-refractivity contribution in [2.24, 2.45) is 0 Å². The van der Waals surface area contributed by atoms with E-state index in [-0.39, 0.29) is 18.1 Å². The van der Waals surface area contributed by atoms with Crippen LogP contribution in [0.4, 0.5) is 0 Å². The maximum atomic E-state index is 11.4. The second-order valence-corrected chi connectivity index (χ2v) is 12.4. The number of carbonyl (C=O) groups excluding carboxylic acids is 1. The van der Waals surface area contributed by atoms with Crippen LogP contribution in [0.25, 0.3) is 0 Å². The number of pyridine rings is 1. The van der Waals surface area contributed by atoms with Crippen LogP contribution in [-0.2, 0) is 9.22 Å². The fourth-order valence-electron chi connectivity index (χ4n) is 3.37. The fourth-order valence-corrected chi connectivity index (χ4v) is 6.78. The van der Waals surface area contributed by atoms with Crippen LogP contribution in [-0.4, -0.2) is 49.8 Å². The predicted molar refractivity (Wildman–Crippen MR) is 109 cm³/mol. The standard InChI is InChI=1S/C18H29Cl2N3O2Si/c1-5-26(6-2,7-3)25-17(18-15(19)8-21-9-16(18)20)10-22-14-11-23(12-14)13(4)24/h8-9,14,17,22H,5-7,10-12H2,1-4H3. The van der Waals surface area contributed by atoms with E-state index in [1.54, 1.807) is 19.3 Å². The van der Waals surface area contributed by atoms with E-state index in [1.807, 2.05) is 4.90 Å². The summed E-state index contributed by atoms with van der Waals surface area (Å²) in [6.45, 7) is 10.3. The van der Waals surface area contributed by atoms with Crippen LogP contribution < -0.4 is 5.32 Å². The molecule has 1 fully saturated rings. The highest BCUT2D eigenvalue weighted by molar-refractivity contribution is 6.73. The molecule has 0 aromatic carbocycles. The molecule has 8 heteroatoms. The molecule has 0 radical (unpaired) electrons. The molecule has 2 rings (SSSR count). The van der Waals surface area contributed by atoms with Gasteiger partial charge >= 0.3 is 0 Å². The summed E-state index contributed by atoms with van der Waals surface area (Å²) < 4.78 is 6.73. The second-order valence-electron chi connectivity index (χ2n) is 6.90. The Kier molecular flexibility index (Phi) is 7.91. The zero-order chi connectivity index (χ0) is 19.3. The number of nitrogens with one attached hydrogen (secondary N) is 1. The van der Waals surface area contributed by atoms with Crippen molar-refractivity contribution in [3.8, 4) is 0 Å². The number of nitrogens with zero attached hydrogens (tertiary/aromatic N) is 2. The number of hydrogen-bond donors (Lipinski definition) is 1. The number of likely N-dealkylation sites (tertiary alicyclic amines) is 1. The summed E-state index contributed by atoms with van der Waals surface area (Å²) in [7, 11) is -1.85. The second kappa shape index (κ2) is 9.51. The van der Waals surface area contributed by atoms with Gasteiger partial charge in [0.25, 0.3) is 0 Å². The molecule has 1 atom stereocenters. The molecule has 1 N–H and O–H groups in total. The van der Waals surface area contributed by atoms with Crippen LogP contribution in [0.3, 0.4) is 0 Å². The van der Waals surface area contributed by atoms with Crippen molar-refractivity contribution in [2.45, 2.75) is 58.0 Å². The van der Waals surface area contributed by atoms with E-state index in [9.17, 15) is 4.79 Å². The minimum atomic E-state index is -1.85. The lowest BCUT2D eigenvalue weighted by Crippen LogP contribution is -2.60. The summed E-state index contributed by atoms with van der Waals surface area (Å²) in [5.74, 6) is 0.116. The summed E-state index contributed by atoms with van der Waals surface area (Å²) in [5.41, 5.74) is 0.811. The van der Waals surface area contributed by atoms with E-state index in [4.69, 9.17) is 27.6 Å². The number of halogens is 2. The van der Waals surface area contributed by atoms with Gasteiger partial charge in [-0.1, -0.05) is 44.0 Å². The van der Waals surface area contributed by atoms with Crippen molar-refractivity contribution >= 4 is 37.4 Å². The third-order valence-electron chi connectivity index (χ3n) is 5.46. The third kappa shape index (κ3) is 4.98. The average Bonchev–Trinajstić information content (AvgIpc) is 2.57. The van der Waals surface area contributed by atoms with Crippen LogP contribution in [0.15, 0.2) is 12.4 Å². The third-order valence-corrected chi connectivity index (χ3v) is 10.7. The molecule has 0 spiro atoms. The molecule has 2 heterocycles. The van der Waals surface area contributed by atoms with E-state index in [2.05, 4.69) is 31.1 Å². The molecule has 1 aromatic heterocycles. The first-order valence-electron chi connectivity index (χ1n) is 9.31. The molecule has 0 saturated carbocycles. The number of aromatic nitrogens is 1. The Hall–Kier alpha value is -0.663. The quantitative estimate of drug-likeness (QED) is 0.609.